The molecule has 2 aliphatic rings. The third-order valence-electron chi connectivity index (χ3n) is 7.46. The van der Waals surface area contributed by atoms with E-state index in [9.17, 15) is 23.9 Å². The molecule has 0 aliphatic carbocycles. The molecule has 2 aliphatic heterocycles. The smallest absolute Gasteiger partial charge is 0.295 e. The molecule has 2 amide bonds. The first-order valence-corrected chi connectivity index (χ1v) is 12.6. The second-order valence-electron chi connectivity index (χ2n) is 9.89. The highest BCUT2D eigenvalue weighted by molar-refractivity contribution is 6.45. The number of Topliss-reactive ketones (excluding diaryl/α,β-unsaturated/α-hetero) is 1. The van der Waals surface area contributed by atoms with Gasteiger partial charge in [0.1, 0.15) is 11.6 Å². The Labute approximate surface area is 214 Å². The summed E-state index contributed by atoms with van der Waals surface area (Å²) in [5.74, 6) is -0.979. The number of rotatable bonds is 6. The zero-order chi connectivity index (χ0) is 26.1. The molecule has 2 N–H and O–H groups in total. The van der Waals surface area contributed by atoms with E-state index in [1.165, 1.54) is 30.3 Å². The van der Waals surface area contributed by atoms with E-state index in [1.54, 1.807) is 29.2 Å². The number of β-amino-alcohol motifs (C(OH)–C–C–N with tert-alkyl or cyclic N) is 1. The van der Waals surface area contributed by atoms with Crippen LogP contribution in [0.15, 0.2) is 42.6 Å². The highest BCUT2D eigenvalue weighted by atomic mass is 19.1. The number of aliphatic hydroxyl groups is 1. The van der Waals surface area contributed by atoms with Crippen LogP contribution in [0.25, 0.3) is 10.9 Å². The number of H-pyrrole nitrogens is 1. The summed E-state index contributed by atoms with van der Waals surface area (Å²) in [7, 11) is 1.49. The molecule has 194 valence electrons. The second kappa shape index (κ2) is 10.3. The van der Waals surface area contributed by atoms with Gasteiger partial charge in [0.05, 0.1) is 24.3 Å². The number of nitrogens with one attached hydrogen (secondary N) is 1. The van der Waals surface area contributed by atoms with Crippen molar-refractivity contribution in [1.82, 2.24) is 14.8 Å². The van der Waals surface area contributed by atoms with Crippen molar-refractivity contribution in [3.8, 4) is 5.75 Å². The predicted molar refractivity (Wildman–Crippen MR) is 135 cm³/mol. The zero-order valence-electron chi connectivity index (χ0n) is 20.7. The van der Waals surface area contributed by atoms with E-state index in [4.69, 9.17) is 4.74 Å². The molecular formula is C28H30FN3O5. The van der Waals surface area contributed by atoms with Crippen molar-refractivity contribution in [1.29, 1.82) is 0 Å². The Morgan fingerprint density at radius 3 is 2.38 bits per heavy atom. The number of ether oxygens (including phenoxy) is 1. The molecular weight excluding hydrogens is 477 g/mol. The van der Waals surface area contributed by atoms with E-state index in [0.29, 0.717) is 54.2 Å². The van der Waals surface area contributed by atoms with Gasteiger partial charge >= 0.3 is 0 Å². The SMILES string of the molecule is COc1cc2[nH]cc(C(=O)C(=O)N3CC[C@@H](O)C3)c2cc1C(=O)N1CCC(Cc2ccc(F)cc2)CC1. The Balaban J connectivity index is 1.32. The number of ketones is 1. The maximum absolute atomic E-state index is 13.5. The minimum Gasteiger partial charge on any atom is -0.496 e. The van der Waals surface area contributed by atoms with Crippen molar-refractivity contribution >= 4 is 28.5 Å². The van der Waals surface area contributed by atoms with Gasteiger partial charge in [-0.05, 0) is 55.4 Å². The van der Waals surface area contributed by atoms with Crippen molar-refractivity contribution in [2.45, 2.75) is 31.8 Å². The Morgan fingerprint density at radius 2 is 1.73 bits per heavy atom. The molecule has 8 nitrogen and oxygen atoms in total. The number of amides is 2. The van der Waals surface area contributed by atoms with Crippen molar-refractivity contribution in [2.75, 3.05) is 33.3 Å². The average molecular weight is 508 g/mol. The molecule has 3 heterocycles. The van der Waals surface area contributed by atoms with Gasteiger partial charge < -0.3 is 24.6 Å². The lowest BCUT2D eigenvalue weighted by Crippen LogP contribution is -2.39. The van der Waals surface area contributed by atoms with Gasteiger partial charge in [0.15, 0.2) is 0 Å². The van der Waals surface area contributed by atoms with Crippen LogP contribution in [-0.2, 0) is 11.2 Å². The fraction of sp³-hybridized carbons (Fsp3) is 0.393. The van der Waals surface area contributed by atoms with Gasteiger partial charge in [-0.25, -0.2) is 4.39 Å². The lowest BCUT2D eigenvalue weighted by atomic mass is 9.90. The van der Waals surface area contributed by atoms with Gasteiger partial charge in [0.25, 0.3) is 17.6 Å². The van der Waals surface area contributed by atoms with Crippen LogP contribution < -0.4 is 4.74 Å². The van der Waals surface area contributed by atoms with Crippen LogP contribution in [0.5, 0.6) is 5.75 Å². The van der Waals surface area contributed by atoms with Gasteiger partial charge in [-0.3, -0.25) is 14.4 Å². The minimum atomic E-state index is -0.675. The van der Waals surface area contributed by atoms with Gasteiger partial charge in [0.2, 0.25) is 0 Å². The quantitative estimate of drug-likeness (QED) is 0.394. The van der Waals surface area contributed by atoms with Crippen molar-refractivity contribution in [3.63, 3.8) is 0 Å². The van der Waals surface area contributed by atoms with Gasteiger partial charge in [-0.1, -0.05) is 12.1 Å². The Morgan fingerprint density at radius 1 is 1.03 bits per heavy atom. The summed E-state index contributed by atoms with van der Waals surface area (Å²) in [4.78, 5) is 45.4. The molecule has 5 rings (SSSR count). The van der Waals surface area contributed by atoms with E-state index < -0.39 is 17.8 Å². The molecule has 2 fully saturated rings. The number of aromatic nitrogens is 1. The molecule has 37 heavy (non-hydrogen) atoms. The number of likely N-dealkylation sites (tertiary alicyclic amines) is 2. The lowest BCUT2D eigenvalue weighted by molar-refractivity contribution is -0.125. The number of fused-ring (bicyclic) bond motifs is 1. The second-order valence-corrected chi connectivity index (χ2v) is 9.89. The van der Waals surface area contributed by atoms with Crippen LogP contribution in [0.4, 0.5) is 4.39 Å². The Kier molecular flexibility index (Phi) is 6.97. The molecule has 0 unspecified atom stereocenters. The van der Waals surface area contributed by atoms with E-state index in [-0.39, 0.29) is 23.8 Å². The van der Waals surface area contributed by atoms with Crippen LogP contribution in [0.2, 0.25) is 0 Å². The summed E-state index contributed by atoms with van der Waals surface area (Å²) >= 11 is 0. The summed E-state index contributed by atoms with van der Waals surface area (Å²) in [6, 6.07) is 9.84. The third kappa shape index (κ3) is 5.09. The number of aliphatic hydroxyl groups excluding tert-OH is 1. The van der Waals surface area contributed by atoms with Gasteiger partial charge in [0, 0.05) is 49.3 Å². The maximum Gasteiger partial charge on any atom is 0.295 e. The molecule has 0 radical (unpaired) electrons. The molecule has 2 aromatic carbocycles. The molecule has 0 spiro atoms. The van der Waals surface area contributed by atoms with Gasteiger partial charge in [-0.15, -0.1) is 0 Å². The average Bonchev–Trinajstić information content (AvgIpc) is 3.54. The van der Waals surface area contributed by atoms with Crippen LogP contribution >= 0.6 is 0 Å². The first-order chi connectivity index (χ1) is 17.8. The summed E-state index contributed by atoms with van der Waals surface area (Å²) in [6.45, 7) is 1.64. The molecule has 2 saturated heterocycles. The summed E-state index contributed by atoms with van der Waals surface area (Å²) < 4.78 is 18.7. The number of aromatic amines is 1. The lowest BCUT2D eigenvalue weighted by Gasteiger charge is -2.32. The van der Waals surface area contributed by atoms with Crippen molar-refractivity contribution in [3.05, 3.63) is 65.1 Å². The van der Waals surface area contributed by atoms with Crippen molar-refractivity contribution in [2.24, 2.45) is 5.92 Å². The fourth-order valence-electron chi connectivity index (χ4n) is 5.32. The standard InChI is InChI=1S/C28H30FN3O5/c1-37-25-14-24-21(23(15-30-24)26(34)28(36)32-11-8-20(33)16-32)13-22(25)27(35)31-9-6-18(7-10-31)12-17-2-4-19(29)5-3-17/h2-5,13-15,18,20,30,33H,6-12,16H2,1H3/t20-/m1/s1. The van der Waals surface area contributed by atoms with E-state index in [2.05, 4.69) is 4.98 Å². The number of carbonyl (C=O) groups is 3. The highest BCUT2D eigenvalue weighted by Gasteiger charge is 2.32. The zero-order valence-corrected chi connectivity index (χ0v) is 20.7. The first kappa shape index (κ1) is 25.0. The van der Waals surface area contributed by atoms with Crippen LogP contribution in [0.1, 0.15) is 45.5 Å². The van der Waals surface area contributed by atoms with Crippen LogP contribution in [0, 0.1) is 11.7 Å². The number of halogens is 1. The number of piperidine rings is 1. The van der Waals surface area contributed by atoms with Crippen LogP contribution in [0.3, 0.4) is 0 Å². The minimum absolute atomic E-state index is 0.140. The summed E-state index contributed by atoms with van der Waals surface area (Å²) in [5, 5.41) is 10.2. The number of carbonyl (C=O) groups excluding carboxylic acids is 3. The molecule has 9 heteroatoms. The number of benzene rings is 2. The molecule has 0 saturated carbocycles. The van der Waals surface area contributed by atoms with Crippen molar-refractivity contribution < 1.29 is 28.6 Å². The summed E-state index contributed by atoms with van der Waals surface area (Å²) in [6.07, 6.45) is 3.81. The Bertz CT molecular complexity index is 1330. The number of nitrogens with zero attached hydrogens (tertiary/aromatic N) is 2. The van der Waals surface area contributed by atoms with E-state index >= 15 is 0 Å². The maximum atomic E-state index is 13.5. The van der Waals surface area contributed by atoms with Crippen LogP contribution in [-0.4, -0.2) is 76.9 Å². The predicted octanol–water partition coefficient (Wildman–Crippen LogP) is 3.19. The molecule has 3 aromatic rings. The van der Waals surface area contributed by atoms with E-state index in [0.717, 1.165) is 24.8 Å². The largest absolute Gasteiger partial charge is 0.496 e. The summed E-state index contributed by atoms with van der Waals surface area (Å²) in [5.41, 5.74) is 2.20. The third-order valence-corrected chi connectivity index (χ3v) is 7.46. The van der Waals surface area contributed by atoms with Gasteiger partial charge in [-0.2, -0.15) is 0 Å². The van der Waals surface area contributed by atoms with E-state index in [1.807, 2.05) is 0 Å². The molecule has 0 bridgehead atoms. The number of methoxy groups -OCH3 is 1. The topological polar surface area (TPSA) is 103 Å². The number of hydrogen-bond acceptors (Lipinski definition) is 5. The normalized spacial score (nSPS) is 18.4. The Hall–Kier alpha value is -3.72. The first-order valence-electron chi connectivity index (χ1n) is 12.6. The number of hydrogen-bond donors (Lipinski definition) is 2. The monoisotopic (exact) mass is 507 g/mol. The highest BCUT2D eigenvalue weighted by Crippen LogP contribution is 2.31. The molecule has 1 aromatic heterocycles. The fourth-order valence-corrected chi connectivity index (χ4v) is 5.32. The molecule has 1 atom stereocenters.